The molecular formula is C15H20FN3O. The lowest BCUT2D eigenvalue weighted by Crippen LogP contribution is -2.51. The van der Waals surface area contributed by atoms with Gasteiger partial charge in [-0.25, -0.2) is 4.39 Å². The largest absolute Gasteiger partial charge is 0.367 e. The predicted octanol–water partition coefficient (Wildman–Crippen LogP) is 1.66. The van der Waals surface area contributed by atoms with E-state index in [1.165, 1.54) is 12.1 Å². The predicted molar refractivity (Wildman–Crippen MR) is 76.0 cm³/mol. The highest BCUT2D eigenvalue weighted by atomic mass is 19.1. The summed E-state index contributed by atoms with van der Waals surface area (Å²) in [4.78, 5) is 15.9. The molecule has 4 nitrogen and oxygen atoms in total. The van der Waals surface area contributed by atoms with E-state index in [4.69, 9.17) is 5.73 Å². The van der Waals surface area contributed by atoms with Gasteiger partial charge in [-0.1, -0.05) is 0 Å². The number of benzene rings is 1. The molecule has 2 heterocycles. The molecule has 1 aromatic rings. The minimum absolute atomic E-state index is 0.205. The Balaban J connectivity index is 1.85. The van der Waals surface area contributed by atoms with Crippen molar-refractivity contribution >= 4 is 11.6 Å². The van der Waals surface area contributed by atoms with Crippen molar-refractivity contribution in [3.8, 4) is 0 Å². The maximum atomic E-state index is 13.4. The maximum Gasteiger partial charge on any atom is 0.223 e. The van der Waals surface area contributed by atoms with E-state index in [2.05, 4.69) is 4.90 Å². The SMILES string of the molecule is C[C@H](N)c1cc(F)ccc1N1CCN2C(=O)CCC2C1. The molecule has 0 aromatic heterocycles. The number of hydrogen-bond donors (Lipinski definition) is 1. The van der Waals surface area contributed by atoms with Crippen molar-refractivity contribution in [1.82, 2.24) is 4.90 Å². The molecule has 2 aliphatic rings. The smallest absolute Gasteiger partial charge is 0.223 e. The first-order valence-corrected chi connectivity index (χ1v) is 7.15. The third-order valence-electron chi connectivity index (χ3n) is 4.32. The van der Waals surface area contributed by atoms with E-state index < -0.39 is 0 Å². The van der Waals surface area contributed by atoms with E-state index in [1.54, 1.807) is 6.07 Å². The summed E-state index contributed by atoms with van der Waals surface area (Å²) >= 11 is 0. The molecule has 0 saturated carbocycles. The maximum absolute atomic E-state index is 13.4. The minimum Gasteiger partial charge on any atom is -0.367 e. The number of nitrogens with two attached hydrogens (primary N) is 1. The van der Waals surface area contributed by atoms with Gasteiger partial charge in [-0.3, -0.25) is 4.79 Å². The lowest BCUT2D eigenvalue weighted by atomic mass is 10.0. The van der Waals surface area contributed by atoms with Gasteiger partial charge in [-0.2, -0.15) is 0 Å². The summed E-state index contributed by atoms with van der Waals surface area (Å²) in [6.07, 6.45) is 1.58. The molecule has 5 heteroatoms. The zero-order chi connectivity index (χ0) is 14.3. The first-order valence-electron chi connectivity index (χ1n) is 7.15. The van der Waals surface area contributed by atoms with Crippen molar-refractivity contribution in [2.45, 2.75) is 31.8 Å². The van der Waals surface area contributed by atoms with E-state index in [0.717, 1.165) is 37.3 Å². The lowest BCUT2D eigenvalue weighted by Gasteiger charge is -2.40. The molecule has 1 aromatic carbocycles. The zero-order valence-electron chi connectivity index (χ0n) is 11.7. The Morgan fingerprint density at radius 1 is 1.40 bits per heavy atom. The second-order valence-corrected chi connectivity index (χ2v) is 5.72. The van der Waals surface area contributed by atoms with E-state index in [0.29, 0.717) is 12.5 Å². The number of piperazine rings is 1. The molecule has 0 bridgehead atoms. The molecule has 108 valence electrons. The molecule has 2 fully saturated rings. The summed E-state index contributed by atoms with van der Waals surface area (Å²) in [6, 6.07) is 4.89. The van der Waals surface area contributed by atoms with Gasteiger partial charge in [0.15, 0.2) is 0 Å². The van der Waals surface area contributed by atoms with E-state index in [9.17, 15) is 9.18 Å². The van der Waals surface area contributed by atoms with Crippen LogP contribution in [0.5, 0.6) is 0 Å². The average Bonchev–Trinajstić information content (AvgIpc) is 2.80. The van der Waals surface area contributed by atoms with Crippen molar-refractivity contribution < 1.29 is 9.18 Å². The third kappa shape index (κ3) is 2.26. The summed E-state index contributed by atoms with van der Waals surface area (Å²) in [6.45, 7) is 4.22. The van der Waals surface area contributed by atoms with E-state index in [1.807, 2.05) is 11.8 Å². The van der Waals surface area contributed by atoms with E-state index >= 15 is 0 Å². The van der Waals surface area contributed by atoms with Gasteiger partial charge in [0, 0.05) is 43.8 Å². The lowest BCUT2D eigenvalue weighted by molar-refractivity contribution is -0.129. The second-order valence-electron chi connectivity index (χ2n) is 5.72. The number of rotatable bonds is 2. The van der Waals surface area contributed by atoms with Crippen LogP contribution in [0.25, 0.3) is 0 Å². The van der Waals surface area contributed by atoms with Crippen molar-refractivity contribution in [2.75, 3.05) is 24.5 Å². The topological polar surface area (TPSA) is 49.6 Å². The molecule has 3 rings (SSSR count). The molecule has 2 aliphatic heterocycles. The monoisotopic (exact) mass is 277 g/mol. The zero-order valence-corrected chi connectivity index (χ0v) is 11.7. The van der Waals surface area contributed by atoms with Crippen LogP contribution in [0.15, 0.2) is 18.2 Å². The first-order chi connectivity index (χ1) is 9.56. The normalized spacial score (nSPS) is 23.9. The van der Waals surface area contributed by atoms with Crippen LogP contribution < -0.4 is 10.6 Å². The molecule has 0 aliphatic carbocycles. The van der Waals surface area contributed by atoms with Crippen molar-refractivity contribution in [1.29, 1.82) is 0 Å². The van der Waals surface area contributed by atoms with Crippen molar-refractivity contribution in [3.05, 3.63) is 29.6 Å². The number of nitrogens with zero attached hydrogens (tertiary/aromatic N) is 2. The Bertz CT molecular complexity index is 532. The number of amides is 1. The fourth-order valence-corrected chi connectivity index (χ4v) is 3.26. The van der Waals surface area contributed by atoms with Gasteiger partial charge < -0.3 is 15.5 Å². The van der Waals surface area contributed by atoms with Gasteiger partial charge in [0.05, 0.1) is 0 Å². The first kappa shape index (κ1) is 13.4. The molecular weight excluding hydrogens is 257 g/mol. The highest BCUT2D eigenvalue weighted by molar-refractivity contribution is 5.79. The van der Waals surface area contributed by atoms with Crippen LogP contribution in [-0.4, -0.2) is 36.5 Å². The van der Waals surface area contributed by atoms with Crippen LogP contribution in [-0.2, 0) is 4.79 Å². The molecule has 2 N–H and O–H groups in total. The minimum atomic E-state index is -0.254. The molecule has 1 amide bonds. The van der Waals surface area contributed by atoms with Crippen LogP contribution >= 0.6 is 0 Å². The Kier molecular flexibility index (Phi) is 3.38. The fraction of sp³-hybridized carbons (Fsp3) is 0.533. The number of carbonyl (C=O) groups is 1. The van der Waals surface area contributed by atoms with Gasteiger partial charge in [0.1, 0.15) is 5.82 Å². The standard InChI is InChI=1S/C15H20FN3O/c1-10(17)13-8-11(16)2-4-14(13)18-6-7-19-12(9-18)3-5-15(19)20/h2,4,8,10,12H,3,5-7,9,17H2,1H3/t10-,12?/m0/s1. The van der Waals surface area contributed by atoms with Crippen LogP contribution in [0.3, 0.4) is 0 Å². The van der Waals surface area contributed by atoms with Gasteiger partial charge in [-0.05, 0) is 37.1 Å². The summed E-state index contributed by atoms with van der Waals surface area (Å²) in [7, 11) is 0. The van der Waals surface area contributed by atoms with Crippen molar-refractivity contribution in [2.24, 2.45) is 5.73 Å². The Morgan fingerprint density at radius 2 is 2.20 bits per heavy atom. The number of carbonyl (C=O) groups excluding carboxylic acids is 1. The molecule has 2 saturated heterocycles. The van der Waals surface area contributed by atoms with Gasteiger partial charge in [0.25, 0.3) is 0 Å². The van der Waals surface area contributed by atoms with E-state index in [-0.39, 0.29) is 17.8 Å². The number of hydrogen-bond acceptors (Lipinski definition) is 3. The van der Waals surface area contributed by atoms with Gasteiger partial charge in [-0.15, -0.1) is 0 Å². The molecule has 20 heavy (non-hydrogen) atoms. The number of halogens is 1. The van der Waals surface area contributed by atoms with Crippen LogP contribution in [0.1, 0.15) is 31.4 Å². The fourth-order valence-electron chi connectivity index (χ4n) is 3.26. The Morgan fingerprint density at radius 3 is 2.95 bits per heavy atom. The third-order valence-corrected chi connectivity index (χ3v) is 4.32. The van der Waals surface area contributed by atoms with Gasteiger partial charge in [0.2, 0.25) is 5.91 Å². The summed E-state index contributed by atoms with van der Waals surface area (Å²) in [5.74, 6) is 0.0110. The molecule has 2 atom stereocenters. The second kappa shape index (κ2) is 5.05. The highest BCUT2D eigenvalue weighted by Crippen LogP contribution is 2.31. The average molecular weight is 277 g/mol. The van der Waals surface area contributed by atoms with Crippen LogP contribution in [0.2, 0.25) is 0 Å². The van der Waals surface area contributed by atoms with Crippen LogP contribution in [0, 0.1) is 5.82 Å². The Hall–Kier alpha value is -1.62. The molecule has 1 unspecified atom stereocenters. The molecule has 0 radical (unpaired) electrons. The number of anilines is 1. The number of fused-ring (bicyclic) bond motifs is 1. The highest BCUT2D eigenvalue weighted by Gasteiger charge is 2.36. The quantitative estimate of drug-likeness (QED) is 0.894. The summed E-state index contributed by atoms with van der Waals surface area (Å²) in [5, 5.41) is 0. The summed E-state index contributed by atoms with van der Waals surface area (Å²) in [5.41, 5.74) is 7.80. The van der Waals surface area contributed by atoms with Gasteiger partial charge >= 0.3 is 0 Å². The Labute approximate surface area is 118 Å². The molecule has 0 spiro atoms. The summed E-state index contributed by atoms with van der Waals surface area (Å²) < 4.78 is 13.4. The van der Waals surface area contributed by atoms with Crippen LogP contribution in [0.4, 0.5) is 10.1 Å². The van der Waals surface area contributed by atoms with Crippen molar-refractivity contribution in [3.63, 3.8) is 0 Å².